The number of benzene rings is 2. The van der Waals surface area contributed by atoms with Crippen LogP contribution in [0.15, 0.2) is 54.6 Å². The van der Waals surface area contributed by atoms with Gasteiger partial charge in [0.2, 0.25) is 0 Å². The number of nitrogens with zero attached hydrogens (tertiary/aromatic N) is 2. The fraction of sp³-hybridized carbons (Fsp3) is 0.278. The van der Waals surface area contributed by atoms with Gasteiger partial charge in [-0.1, -0.05) is 30.3 Å². The van der Waals surface area contributed by atoms with Gasteiger partial charge in [0, 0.05) is 32.5 Å². The molecule has 0 aliphatic carbocycles. The molecule has 0 spiro atoms. The van der Waals surface area contributed by atoms with Gasteiger partial charge >= 0.3 is 5.97 Å². The molecule has 0 saturated heterocycles. The molecule has 22 heavy (non-hydrogen) atoms. The van der Waals surface area contributed by atoms with Crippen LogP contribution >= 0.6 is 0 Å². The first-order valence-electron chi connectivity index (χ1n) is 7.24. The Morgan fingerprint density at radius 2 is 1.64 bits per heavy atom. The Morgan fingerprint density at radius 1 is 0.955 bits per heavy atom. The van der Waals surface area contributed by atoms with Gasteiger partial charge in [-0.2, -0.15) is 0 Å². The lowest BCUT2D eigenvalue weighted by molar-refractivity contribution is -0.143. The third-order valence-electron chi connectivity index (χ3n) is 3.39. The highest BCUT2D eigenvalue weighted by atomic mass is 16.5. The second-order valence-electron chi connectivity index (χ2n) is 5.42. The van der Waals surface area contributed by atoms with Crippen molar-refractivity contribution in [2.24, 2.45) is 0 Å². The summed E-state index contributed by atoms with van der Waals surface area (Å²) in [7, 11) is 5.85. The molecule has 2 rings (SSSR count). The van der Waals surface area contributed by atoms with Crippen LogP contribution in [0.5, 0.6) is 0 Å². The summed E-state index contributed by atoms with van der Waals surface area (Å²) in [6.07, 6.45) is 0. The van der Waals surface area contributed by atoms with E-state index in [1.807, 2.05) is 85.5 Å². The van der Waals surface area contributed by atoms with Crippen LogP contribution in [0.3, 0.4) is 0 Å². The van der Waals surface area contributed by atoms with E-state index >= 15 is 0 Å². The van der Waals surface area contributed by atoms with Crippen LogP contribution in [0.25, 0.3) is 0 Å². The smallest absolute Gasteiger partial charge is 0.325 e. The summed E-state index contributed by atoms with van der Waals surface area (Å²) >= 11 is 0. The molecule has 0 saturated carbocycles. The van der Waals surface area contributed by atoms with Crippen molar-refractivity contribution in [1.82, 2.24) is 0 Å². The Hall–Kier alpha value is -2.49. The Bertz CT molecular complexity index is 611. The van der Waals surface area contributed by atoms with Gasteiger partial charge in [0.15, 0.2) is 0 Å². The number of carbonyl (C=O) groups excluding carboxylic acids is 1. The van der Waals surface area contributed by atoms with Crippen molar-refractivity contribution < 1.29 is 9.53 Å². The van der Waals surface area contributed by atoms with Crippen molar-refractivity contribution in [3.63, 3.8) is 0 Å². The zero-order chi connectivity index (χ0) is 15.9. The average Bonchev–Trinajstić information content (AvgIpc) is 2.54. The molecule has 0 bridgehead atoms. The number of rotatable bonds is 6. The van der Waals surface area contributed by atoms with Crippen LogP contribution in [0.2, 0.25) is 0 Å². The van der Waals surface area contributed by atoms with Crippen molar-refractivity contribution >= 4 is 17.3 Å². The number of likely N-dealkylation sites (N-methyl/N-ethyl adjacent to an activating group) is 1. The summed E-state index contributed by atoms with van der Waals surface area (Å²) in [5.41, 5.74) is 3.07. The molecule has 0 aromatic heterocycles. The fourth-order valence-corrected chi connectivity index (χ4v) is 2.10. The van der Waals surface area contributed by atoms with E-state index in [2.05, 4.69) is 0 Å². The van der Waals surface area contributed by atoms with Crippen molar-refractivity contribution in [3.8, 4) is 0 Å². The number of hydrogen-bond acceptors (Lipinski definition) is 4. The van der Waals surface area contributed by atoms with E-state index in [9.17, 15) is 4.79 Å². The lowest BCUT2D eigenvalue weighted by Crippen LogP contribution is -2.26. The van der Waals surface area contributed by atoms with Crippen LogP contribution in [0, 0.1) is 0 Å². The van der Waals surface area contributed by atoms with E-state index in [-0.39, 0.29) is 12.5 Å². The molecular formula is C18H22N2O2. The topological polar surface area (TPSA) is 32.8 Å². The van der Waals surface area contributed by atoms with Crippen LogP contribution in [-0.2, 0) is 16.1 Å². The summed E-state index contributed by atoms with van der Waals surface area (Å²) in [6, 6.07) is 17.8. The highest BCUT2D eigenvalue weighted by molar-refractivity contribution is 5.75. The Labute approximate surface area is 131 Å². The number of carbonyl (C=O) groups is 1. The number of para-hydroxylation sites is 1. The molecule has 2 aromatic rings. The minimum atomic E-state index is -0.235. The van der Waals surface area contributed by atoms with Gasteiger partial charge < -0.3 is 14.5 Å². The molecule has 0 amide bonds. The van der Waals surface area contributed by atoms with E-state index in [1.54, 1.807) is 0 Å². The van der Waals surface area contributed by atoms with E-state index in [4.69, 9.17) is 4.74 Å². The molecule has 2 aromatic carbocycles. The zero-order valence-corrected chi connectivity index (χ0v) is 13.3. The van der Waals surface area contributed by atoms with Gasteiger partial charge in [-0.3, -0.25) is 4.79 Å². The minimum Gasteiger partial charge on any atom is -0.459 e. The minimum absolute atomic E-state index is 0.234. The highest BCUT2D eigenvalue weighted by Gasteiger charge is 2.09. The van der Waals surface area contributed by atoms with Crippen LogP contribution in [0.4, 0.5) is 11.4 Å². The first-order chi connectivity index (χ1) is 10.6. The van der Waals surface area contributed by atoms with Gasteiger partial charge in [-0.15, -0.1) is 0 Å². The van der Waals surface area contributed by atoms with Crippen LogP contribution < -0.4 is 9.80 Å². The highest BCUT2D eigenvalue weighted by Crippen LogP contribution is 2.14. The monoisotopic (exact) mass is 298 g/mol. The zero-order valence-electron chi connectivity index (χ0n) is 13.3. The van der Waals surface area contributed by atoms with Crippen molar-refractivity contribution in [2.45, 2.75) is 6.61 Å². The number of hydrogen-bond donors (Lipinski definition) is 0. The SMILES string of the molecule is CN(C)c1cccc(COC(=O)CN(C)c2ccccc2)c1. The summed E-state index contributed by atoms with van der Waals surface area (Å²) in [5.74, 6) is -0.235. The molecule has 0 radical (unpaired) electrons. The van der Waals surface area contributed by atoms with Crippen molar-refractivity contribution in [2.75, 3.05) is 37.5 Å². The molecular weight excluding hydrogens is 276 g/mol. The lowest BCUT2D eigenvalue weighted by Gasteiger charge is -2.18. The Kier molecular flexibility index (Phi) is 5.42. The van der Waals surface area contributed by atoms with Gasteiger partial charge in [0.05, 0.1) is 0 Å². The van der Waals surface area contributed by atoms with Crippen molar-refractivity contribution in [3.05, 3.63) is 60.2 Å². The number of anilines is 2. The van der Waals surface area contributed by atoms with Crippen LogP contribution in [0.1, 0.15) is 5.56 Å². The average molecular weight is 298 g/mol. The summed E-state index contributed by atoms with van der Waals surface area (Å²) in [6.45, 7) is 0.528. The molecule has 116 valence electrons. The maximum absolute atomic E-state index is 11.9. The summed E-state index contributed by atoms with van der Waals surface area (Å²) in [4.78, 5) is 15.8. The molecule has 0 aliphatic rings. The molecule has 0 atom stereocenters. The second-order valence-corrected chi connectivity index (χ2v) is 5.42. The number of esters is 1. The largest absolute Gasteiger partial charge is 0.459 e. The standard InChI is InChI=1S/C18H22N2O2/c1-19(2)17-11-7-8-15(12-17)14-22-18(21)13-20(3)16-9-5-4-6-10-16/h4-12H,13-14H2,1-3H3. The first kappa shape index (κ1) is 15.9. The predicted octanol–water partition coefficient (Wildman–Crippen LogP) is 2.93. The third-order valence-corrected chi connectivity index (χ3v) is 3.39. The predicted molar refractivity (Wildman–Crippen MR) is 90.3 cm³/mol. The maximum Gasteiger partial charge on any atom is 0.325 e. The van der Waals surface area contributed by atoms with E-state index in [0.29, 0.717) is 6.61 Å². The summed E-state index contributed by atoms with van der Waals surface area (Å²) in [5, 5.41) is 0. The third kappa shape index (κ3) is 4.52. The van der Waals surface area contributed by atoms with E-state index < -0.39 is 0 Å². The van der Waals surface area contributed by atoms with Crippen molar-refractivity contribution in [1.29, 1.82) is 0 Å². The quantitative estimate of drug-likeness (QED) is 0.768. The molecule has 4 heteroatoms. The lowest BCUT2D eigenvalue weighted by atomic mass is 10.2. The van der Waals surface area contributed by atoms with Crippen LogP contribution in [-0.4, -0.2) is 33.7 Å². The number of ether oxygens (including phenoxy) is 1. The summed E-state index contributed by atoms with van der Waals surface area (Å²) < 4.78 is 5.36. The molecule has 0 N–H and O–H groups in total. The van der Waals surface area contributed by atoms with E-state index in [1.165, 1.54) is 0 Å². The normalized spacial score (nSPS) is 10.1. The van der Waals surface area contributed by atoms with Gasteiger partial charge in [-0.05, 0) is 29.8 Å². The Balaban J connectivity index is 1.86. The van der Waals surface area contributed by atoms with Gasteiger partial charge in [0.25, 0.3) is 0 Å². The van der Waals surface area contributed by atoms with Gasteiger partial charge in [0.1, 0.15) is 13.2 Å². The second kappa shape index (κ2) is 7.50. The first-order valence-corrected chi connectivity index (χ1v) is 7.24. The molecule has 4 nitrogen and oxygen atoms in total. The molecule has 0 unspecified atom stereocenters. The molecule has 0 heterocycles. The maximum atomic E-state index is 11.9. The molecule has 0 aliphatic heterocycles. The van der Waals surface area contributed by atoms with E-state index in [0.717, 1.165) is 16.9 Å². The molecule has 0 fully saturated rings. The fourth-order valence-electron chi connectivity index (χ4n) is 2.10. The van der Waals surface area contributed by atoms with Gasteiger partial charge in [-0.25, -0.2) is 0 Å². The Morgan fingerprint density at radius 3 is 2.32 bits per heavy atom.